The molecule has 0 spiro atoms. The van der Waals surface area contributed by atoms with E-state index in [-0.39, 0.29) is 17.9 Å². The molecule has 3 heterocycles. The largest absolute Gasteiger partial charge is 0.435 e. The average Bonchev–Trinajstić information content (AvgIpc) is 3.02. The van der Waals surface area contributed by atoms with Gasteiger partial charge in [-0.3, -0.25) is 5.10 Å². The van der Waals surface area contributed by atoms with Gasteiger partial charge in [0.25, 0.3) is 0 Å². The highest BCUT2D eigenvalue weighted by atomic mass is 19.4. The van der Waals surface area contributed by atoms with E-state index in [9.17, 15) is 13.2 Å². The molecule has 0 aliphatic rings. The molecule has 0 bridgehead atoms. The van der Waals surface area contributed by atoms with E-state index < -0.39 is 11.9 Å². The highest BCUT2D eigenvalue weighted by molar-refractivity contribution is 5.68. The zero-order chi connectivity index (χ0) is 15.0. The Balaban J connectivity index is 1.92. The minimum Gasteiger partial charge on any atom is -0.384 e. The van der Waals surface area contributed by atoms with Crippen LogP contribution in [0, 0.1) is 0 Å². The van der Waals surface area contributed by atoms with Crippen LogP contribution in [0.5, 0.6) is 0 Å². The number of fused-ring (bicyclic) bond motifs is 1. The summed E-state index contributed by atoms with van der Waals surface area (Å²) in [4.78, 5) is 4.02. The molecule has 0 saturated carbocycles. The van der Waals surface area contributed by atoms with Crippen molar-refractivity contribution in [3.63, 3.8) is 0 Å². The Labute approximate surface area is 116 Å². The number of aromatic nitrogens is 5. The quantitative estimate of drug-likeness (QED) is 0.683. The number of nitrogens with zero attached hydrogens (tertiary/aromatic N) is 4. The van der Waals surface area contributed by atoms with Crippen molar-refractivity contribution in [2.75, 3.05) is 11.1 Å². The molecule has 0 amide bonds. The fourth-order valence-corrected chi connectivity index (χ4v) is 1.84. The smallest absolute Gasteiger partial charge is 0.384 e. The summed E-state index contributed by atoms with van der Waals surface area (Å²) in [6.45, 7) is 0.279. The van der Waals surface area contributed by atoms with Crippen LogP contribution < -0.4 is 11.1 Å². The zero-order valence-electron chi connectivity index (χ0n) is 10.5. The predicted molar refractivity (Wildman–Crippen MR) is 68.3 cm³/mol. The molecule has 3 aromatic rings. The Morgan fingerprint density at radius 1 is 1.38 bits per heavy atom. The number of hydrogen-bond donors (Lipinski definition) is 3. The zero-order valence-corrected chi connectivity index (χ0v) is 10.5. The SMILES string of the molecule is Nc1[nH]ncc1CNc1nccn2nc(C(F)(F)F)cc12. The first kappa shape index (κ1) is 13.2. The average molecular weight is 297 g/mol. The predicted octanol–water partition coefficient (Wildman–Crippen LogP) is 1.67. The van der Waals surface area contributed by atoms with E-state index in [0.717, 1.165) is 10.6 Å². The number of halogens is 3. The maximum Gasteiger partial charge on any atom is 0.435 e. The van der Waals surface area contributed by atoms with Crippen LogP contribution in [0.1, 0.15) is 11.3 Å². The van der Waals surface area contributed by atoms with Crippen LogP contribution in [0.4, 0.5) is 24.8 Å². The van der Waals surface area contributed by atoms with Crippen molar-refractivity contribution in [1.29, 1.82) is 0 Å². The van der Waals surface area contributed by atoms with Gasteiger partial charge in [0.05, 0.1) is 6.20 Å². The Morgan fingerprint density at radius 2 is 2.19 bits per heavy atom. The van der Waals surface area contributed by atoms with Gasteiger partial charge in [-0.2, -0.15) is 23.4 Å². The standard InChI is InChI=1S/C11H10F3N7/c12-11(13,14)8-3-7-10(16-1-2-21(7)20-8)17-4-6-5-18-19-9(6)15/h1-3,5H,4H2,(H,16,17)(H3,15,18,19). The number of hydrogen-bond acceptors (Lipinski definition) is 5. The highest BCUT2D eigenvalue weighted by Crippen LogP contribution is 2.30. The first-order valence-corrected chi connectivity index (χ1v) is 5.88. The van der Waals surface area contributed by atoms with Gasteiger partial charge in [-0.05, 0) is 0 Å². The molecule has 7 nitrogen and oxygen atoms in total. The molecule has 110 valence electrons. The van der Waals surface area contributed by atoms with Gasteiger partial charge >= 0.3 is 6.18 Å². The first-order chi connectivity index (χ1) is 9.95. The fourth-order valence-electron chi connectivity index (χ4n) is 1.84. The monoisotopic (exact) mass is 297 g/mol. The summed E-state index contributed by atoms with van der Waals surface area (Å²) >= 11 is 0. The summed E-state index contributed by atoms with van der Waals surface area (Å²) in [5.41, 5.74) is 5.58. The van der Waals surface area contributed by atoms with Crippen molar-refractivity contribution in [2.45, 2.75) is 12.7 Å². The van der Waals surface area contributed by atoms with Crippen LogP contribution >= 0.6 is 0 Å². The molecular formula is C11H10F3N7. The van der Waals surface area contributed by atoms with Gasteiger partial charge in [0, 0.05) is 30.6 Å². The van der Waals surface area contributed by atoms with Gasteiger partial charge in [-0.25, -0.2) is 9.50 Å². The van der Waals surface area contributed by atoms with E-state index in [0.29, 0.717) is 11.4 Å². The maximum absolute atomic E-state index is 12.7. The number of nitrogens with two attached hydrogens (primary N) is 1. The van der Waals surface area contributed by atoms with Crippen LogP contribution in [0.15, 0.2) is 24.7 Å². The van der Waals surface area contributed by atoms with Crippen LogP contribution in [0.2, 0.25) is 0 Å². The molecule has 3 rings (SSSR count). The van der Waals surface area contributed by atoms with Crippen molar-refractivity contribution < 1.29 is 13.2 Å². The van der Waals surface area contributed by atoms with E-state index in [4.69, 9.17) is 5.73 Å². The highest BCUT2D eigenvalue weighted by Gasteiger charge is 2.34. The van der Waals surface area contributed by atoms with Gasteiger partial charge in [0.15, 0.2) is 11.5 Å². The molecule has 0 radical (unpaired) electrons. The lowest BCUT2D eigenvalue weighted by Gasteiger charge is -2.05. The lowest BCUT2D eigenvalue weighted by Crippen LogP contribution is -2.05. The van der Waals surface area contributed by atoms with Crippen LogP contribution in [-0.2, 0) is 12.7 Å². The third-order valence-electron chi connectivity index (χ3n) is 2.88. The number of nitrogen functional groups attached to an aromatic ring is 1. The molecule has 4 N–H and O–H groups in total. The molecule has 0 aliphatic heterocycles. The van der Waals surface area contributed by atoms with Gasteiger partial charge < -0.3 is 11.1 Å². The van der Waals surface area contributed by atoms with Crippen LogP contribution in [-0.4, -0.2) is 24.8 Å². The van der Waals surface area contributed by atoms with E-state index in [1.54, 1.807) is 0 Å². The van der Waals surface area contributed by atoms with Gasteiger partial charge in [0.1, 0.15) is 11.3 Å². The summed E-state index contributed by atoms with van der Waals surface area (Å²) in [5, 5.41) is 12.7. The molecule has 0 fully saturated rings. The third-order valence-corrected chi connectivity index (χ3v) is 2.88. The summed E-state index contributed by atoms with van der Waals surface area (Å²) in [6, 6.07) is 0.939. The second-order valence-electron chi connectivity index (χ2n) is 4.30. The lowest BCUT2D eigenvalue weighted by atomic mass is 10.3. The summed E-state index contributed by atoms with van der Waals surface area (Å²) in [7, 11) is 0. The summed E-state index contributed by atoms with van der Waals surface area (Å²) in [6.07, 6.45) is -0.262. The molecule has 0 atom stereocenters. The van der Waals surface area contributed by atoms with Crippen molar-refractivity contribution in [3.05, 3.63) is 35.9 Å². The van der Waals surface area contributed by atoms with Crippen molar-refractivity contribution in [3.8, 4) is 0 Å². The molecule has 10 heteroatoms. The fraction of sp³-hybridized carbons (Fsp3) is 0.182. The Hall–Kier alpha value is -2.78. The number of rotatable bonds is 3. The van der Waals surface area contributed by atoms with Crippen molar-refractivity contribution >= 4 is 17.2 Å². The Kier molecular flexibility index (Phi) is 2.92. The molecule has 21 heavy (non-hydrogen) atoms. The number of anilines is 2. The van der Waals surface area contributed by atoms with Crippen LogP contribution in [0.3, 0.4) is 0 Å². The van der Waals surface area contributed by atoms with Gasteiger partial charge in [-0.1, -0.05) is 0 Å². The van der Waals surface area contributed by atoms with E-state index >= 15 is 0 Å². The Bertz CT molecular complexity index is 774. The molecule has 3 aromatic heterocycles. The normalized spacial score (nSPS) is 12.0. The molecule has 0 aromatic carbocycles. The van der Waals surface area contributed by atoms with Crippen molar-refractivity contribution in [1.82, 2.24) is 24.8 Å². The van der Waals surface area contributed by atoms with E-state index in [1.165, 1.54) is 18.6 Å². The number of nitrogens with one attached hydrogen (secondary N) is 2. The molecule has 0 saturated heterocycles. The lowest BCUT2D eigenvalue weighted by molar-refractivity contribution is -0.141. The van der Waals surface area contributed by atoms with E-state index in [1.807, 2.05) is 0 Å². The molecule has 0 unspecified atom stereocenters. The van der Waals surface area contributed by atoms with Crippen molar-refractivity contribution in [2.24, 2.45) is 0 Å². The number of H-pyrrole nitrogens is 1. The Morgan fingerprint density at radius 3 is 2.86 bits per heavy atom. The summed E-state index contributed by atoms with van der Waals surface area (Å²) < 4.78 is 39.1. The minimum absolute atomic E-state index is 0.229. The van der Waals surface area contributed by atoms with Gasteiger partial charge in [-0.15, -0.1) is 0 Å². The topological polar surface area (TPSA) is 96.9 Å². The van der Waals surface area contributed by atoms with Gasteiger partial charge in [0.2, 0.25) is 0 Å². The minimum atomic E-state index is -4.50. The second kappa shape index (κ2) is 4.65. The third kappa shape index (κ3) is 2.47. The second-order valence-corrected chi connectivity index (χ2v) is 4.30. The molecule has 0 aliphatic carbocycles. The van der Waals surface area contributed by atoms with Crippen LogP contribution in [0.25, 0.3) is 5.52 Å². The molecular weight excluding hydrogens is 287 g/mol. The van der Waals surface area contributed by atoms with E-state index in [2.05, 4.69) is 25.6 Å². The maximum atomic E-state index is 12.7. The number of aromatic amines is 1. The number of alkyl halides is 3. The first-order valence-electron chi connectivity index (χ1n) is 5.88. The summed E-state index contributed by atoms with van der Waals surface area (Å²) in [5.74, 6) is 0.667.